The highest BCUT2D eigenvalue weighted by molar-refractivity contribution is 6.18. The molecule has 2 heteroatoms. The Kier molecular flexibility index (Phi) is 6.13. The number of alkyl halides is 1. The standard InChI is InChI=1S/C19H30ClN/c1-19(2,3)18-10-8-15(9-11-18)13-21-14-17-7-5-4-6-16(17)12-20/h8-11,16-17,21H,4-7,12-14H2,1-3H3. The van der Waals surface area contributed by atoms with Crippen molar-refractivity contribution in [1.82, 2.24) is 5.32 Å². The van der Waals surface area contributed by atoms with Gasteiger partial charge < -0.3 is 5.32 Å². The number of halogens is 1. The van der Waals surface area contributed by atoms with E-state index in [-0.39, 0.29) is 5.41 Å². The lowest BCUT2D eigenvalue weighted by molar-refractivity contribution is 0.250. The summed E-state index contributed by atoms with van der Waals surface area (Å²) in [6.07, 6.45) is 5.39. The lowest BCUT2D eigenvalue weighted by atomic mass is 9.80. The molecule has 0 amide bonds. The predicted octanol–water partition coefficient (Wildman–Crippen LogP) is 5.12. The predicted molar refractivity (Wildman–Crippen MR) is 93.0 cm³/mol. The van der Waals surface area contributed by atoms with Crippen molar-refractivity contribution in [3.8, 4) is 0 Å². The third kappa shape index (κ3) is 5.00. The second-order valence-electron chi connectivity index (χ2n) is 7.54. The molecule has 0 spiro atoms. The maximum Gasteiger partial charge on any atom is 0.0254 e. The number of benzene rings is 1. The molecule has 118 valence electrons. The van der Waals surface area contributed by atoms with Crippen molar-refractivity contribution in [2.45, 2.75) is 58.4 Å². The molecule has 1 aromatic rings. The van der Waals surface area contributed by atoms with Crippen LogP contribution in [0.15, 0.2) is 24.3 Å². The van der Waals surface area contributed by atoms with Crippen LogP contribution in [0.4, 0.5) is 0 Å². The van der Waals surface area contributed by atoms with Crippen LogP contribution >= 0.6 is 11.6 Å². The minimum atomic E-state index is 0.238. The Morgan fingerprint density at radius 2 is 1.67 bits per heavy atom. The van der Waals surface area contributed by atoms with Crippen molar-refractivity contribution in [2.75, 3.05) is 12.4 Å². The Morgan fingerprint density at radius 1 is 1.05 bits per heavy atom. The highest BCUT2D eigenvalue weighted by Gasteiger charge is 2.23. The molecule has 1 N–H and O–H groups in total. The Hall–Kier alpha value is -0.530. The SMILES string of the molecule is CC(C)(C)c1ccc(CNCC2CCCCC2CCl)cc1. The molecule has 1 saturated carbocycles. The molecule has 2 unspecified atom stereocenters. The van der Waals surface area contributed by atoms with Crippen LogP contribution in [0.5, 0.6) is 0 Å². The van der Waals surface area contributed by atoms with Gasteiger partial charge >= 0.3 is 0 Å². The molecule has 0 bridgehead atoms. The van der Waals surface area contributed by atoms with Crippen LogP contribution in [0.3, 0.4) is 0 Å². The van der Waals surface area contributed by atoms with Gasteiger partial charge in [-0.05, 0) is 47.8 Å². The maximum atomic E-state index is 6.10. The molecular weight excluding hydrogens is 278 g/mol. The van der Waals surface area contributed by atoms with E-state index in [1.165, 1.54) is 36.8 Å². The van der Waals surface area contributed by atoms with E-state index >= 15 is 0 Å². The Labute approximate surface area is 135 Å². The Morgan fingerprint density at radius 3 is 2.24 bits per heavy atom. The van der Waals surface area contributed by atoms with Crippen molar-refractivity contribution in [2.24, 2.45) is 11.8 Å². The summed E-state index contributed by atoms with van der Waals surface area (Å²) in [4.78, 5) is 0. The number of rotatable bonds is 5. The van der Waals surface area contributed by atoms with Crippen molar-refractivity contribution in [3.63, 3.8) is 0 Å². The normalized spacial score (nSPS) is 23.2. The van der Waals surface area contributed by atoms with E-state index in [9.17, 15) is 0 Å². The maximum absolute atomic E-state index is 6.10. The molecule has 1 aliphatic carbocycles. The van der Waals surface area contributed by atoms with Gasteiger partial charge in [0, 0.05) is 12.4 Å². The van der Waals surface area contributed by atoms with Crippen LogP contribution < -0.4 is 5.32 Å². The summed E-state index contributed by atoms with van der Waals surface area (Å²) in [6.45, 7) is 8.86. The van der Waals surface area contributed by atoms with Gasteiger partial charge in [-0.2, -0.15) is 0 Å². The van der Waals surface area contributed by atoms with E-state index in [1.807, 2.05) is 0 Å². The van der Waals surface area contributed by atoms with E-state index in [4.69, 9.17) is 11.6 Å². The summed E-state index contributed by atoms with van der Waals surface area (Å²) in [5.74, 6) is 2.31. The van der Waals surface area contributed by atoms with Crippen molar-refractivity contribution in [3.05, 3.63) is 35.4 Å². The van der Waals surface area contributed by atoms with Crippen LogP contribution in [-0.4, -0.2) is 12.4 Å². The van der Waals surface area contributed by atoms with E-state index in [0.717, 1.165) is 30.8 Å². The van der Waals surface area contributed by atoms with E-state index in [2.05, 4.69) is 50.4 Å². The van der Waals surface area contributed by atoms with Crippen LogP contribution in [-0.2, 0) is 12.0 Å². The number of hydrogen-bond donors (Lipinski definition) is 1. The van der Waals surface area contributed by atoms with Gasteiger partial charge in [0.2, 0.25) is 0 Å². The minimum Gasteiger partial charge on any atom is -0.312 e. The highest BCUT2D eigenvalue weighted by Crippen LogP contribution is 2.30. The first-order valence-electron chi connectivity index (χ1n) is 8.37. The fraction of sp³-hybridized carbons (Fsp3) is 0.684. The van der Waals surface area contributed by atoms with Crippen LogP contribution in [0.2, 0.25) is 0 Å². The Bertz CT molecular complexity index is 418. The second-order valence-corrected chi connectivity index (χ2v) is 7.85. The molecule has 2 atom stereocenters. The van der Waals surface area contributed by atoms with Crippen LogP contribution in [0, 0.1) is 11.8 Å². The van der Waals surface area contributed by atoms with Gasteiger partial charge in [0.25, 0.3) is 0 Å². The molecule has 0 radical (unpaired) electrons. The molecule has 2 rings (SSSR count). The summed E-state index contributed by atoms with van der Waals surface area (Å²) in [7, 11) is 0. The van der Waals surface area contributed by atoms with Gasteiger partial charge in [0.15, 0.2) is 0 Å². The Balaban J connectivity index is 1.80. The third-order valence-electron chi connectivity index (χ3n) is 4.82. The van der Waals surface area contributed by atoms with Gasteiger partial charge in [0.1, 0.15) is 0 Å². The van der Waals surface area contributed by atoms with Crippen LogP contribution in [0.25, 0.3) is 0 Å². The van der Waals surface area contributed by atoms with Gasteiger partial charge in [-0.1, -0.05) is 57.9 Å². The van der Waals surface area contributed by atoms with E-state index in [1.54, 1.807) is 0 Å². The average Bonchev–Trinajstić information content (AvgIpc) is 2.47. The molecule has 1 aromatic carbocycles. The summed E-state index contributed by atoms with van der Waals surface area (Å²) in [6, 6.07) is 9.04. The number of hydrogen-bond acceptors (Lipinski definition) is 1. The monoisotopic (exact) mass is 307 g/mol. The zero-order valence-corrected chi connectivity index (χ0v) is 14.5. The molecule has 1 nitrogen and oxygen atoms in total. The molecular formula is C19H30ClN. The van der Waals surface area contributed by atoms with E-state index < -0.39 is 0 Å². The first kappa shape index (κ1) is 16.8. The summed E-state index contributed by atoms with van der Waals surface area (Å²) < 4.78 is 0. The summed E-state index contributed by atoms with van der Waals surface area (Å²) in [5, 5.41) is 3.64. The van der Waals surface area contributed by atoms with Crippen molar-refractivity contribution in [1.29, 1.82) is 0 Å². The van der Waals surface area contributed by atoms with Gasteiger partial charge in [-0.25, -0.2) is 0 Å². The lowest BCUT2D eigenvalue weighted by Crippen LogP contribution is -2.31. The first-order chi connectivity index (χ1) is 10.0. The molecule has 0 heterocycles. The average molecular weight is 308 g/mol. The second kappa shape index (κ2) is 7.65. The topological polar surface area (TPSA) is 12.0 Å². The van der Waals surface area contributed by atoms with Gasteiger partial charge in [0.05, 0.1) is 0 Å². The third-order valence-corrected chi connectivity index (χ3v) is 5.22. The minimum absolute atomic E-state index is 0.238. The van der Waals surface area contributed by atoms with Gasteiger partial charge in [-0.3, -0.25) is 0 Å². The highest BCUT2D eigenvalue weighted by atomic mass is 35.5. The summed E-state index contributed by atoms with van der Waals surface area (Å²) >= 11 is 6.10. The van der Waals surface area contributed by atoms with Gasteiger partial charge in [-0.15, -0.1) is 11.6 Å². The van der Waals surface area contributed by atoms with Crippen molar-refractivity contribution >= 4 is 11.6 Å². The fourth-order valence-electron chi connectivity index (χ4n) is 3.28. The number of nitrogens with one attached hydrogen (secondary N) is 1. The molecule has 1 aliphatic rings. The quantitative estimate of drug-likeness (QED) is 0.745. The largest absolute Gasteiger partial charge is 0.312 e. The molecule has 1 fully saturated rings. The molecule has 0 saturated heterocycles. The zero-order valence-electron chi connectivity index (χ0n) is 13.8. The first-order valence-corrected chi connectivity index (χ1v) is 8.90. The smallest absolute Gasteiger partial charge is 0.0254 e. The van der Waals surface area contributed by atoms with Crippen molar-refractivity contribution < 1.29 is 0 Å². The zero-order chi connectivity index (χ0) is 15.3. The summed E-state index contributed by atoms with van der Waals surface area (Å²) in [5.41, 5.74) is 3.02. The molecule has 0 aliphatic heterocycles. The lowest BCUT2D eigenvalue weighted by Gasteiger charge is -2.30. The fourth-order valence-corrected chi connectivity index (χ4v) is 3.69. The van der Waals surface area contributed by atoms with Crippen LogP contribution in [0.1, 0.15) is 57.6 Å². The molecule has 0 aromatic heterocycles. The van der Waals surface area contributed by atoms with E-state index in [0.29, 0.717) is 0 Å². The molecule has 21 heavy (non-hydrogen) atoms.